The Balaban J connectivity index is 1.43. The average Bonchev–Trinajstić information content (AvgIpc) is 3.17. The lowest BCUT2D eigenvalue weighted by Gasteiger charge is -2.41. The molecule has 1 aliphatic heterocycles. The van der Waals surface area contributed by atoms with E-state index in [9.17, 15) is 9.59 Å². The van der Waals surface area contributed by atoms with Gasteiger partial charge in [-0.05, 0) is 75.5 Å². The highest BCUT2D eigenvalue weighted by molar-refractivity contribution is 5.81. The van der Waals surface area contributed by atoms with E-state index in [1.54, 1.807) is 0 Å². The Morgan fingerprint density at radius 3 is 2.64 bits per heavy atom. The number of carbonyl (C=O) groups is 1. The summed E-state index contributed by atoms with van der Waals surface area (Å²) in [5, 5.41) is 1.04. The highest BCUT2D eigenvalue weighted by atomic mass is 16.2. The lowest BCUT2D eigenvalue weighted by Crippen LogP contribution is -2.53. The number of carbonyl (C=O) groups excluding carboxylic acids is 1. The minimum Gasteiger partial charge on any atom is -0.331 e. The Hall–Kier alpha value is -2.14. The van der Waals surface area contributed by atoms with Gasteiger partial charge in [-0.15, -0.1) is 0 Å². The molecule has 0 spiro atoms. The van der Waals surface area contributed by atoms with Crippen molar-refractivity contribution in [3.05, 3.63) is 45.7 Å². The fourth-order valence-corrected chi connectivity index (χ4v) is 6.22. The summed E-state index contributed by atoms with van der Waals surface area (Å²) < 4.78 is 0. The Morgan fingerprint density at radius 2 is 1.91 bits per heavy atom. The number of hydrogen-bond donors (Lipinski definition) is 1. The Kier molecular flexibility index (Phi) is 6.34. The van der Waals surface area contributed by atoms with Gasteiger partial charge in [0, 0.05) is 36.6 Å². The van der Waals surface area contributed by atoms with E-state index in [1.165, 1.54) is 31.2 Å². The summed E-state index contributed by atoms with van der Waals surface area (Å²) in [7, 11) is 0. The summed E-state index contributed by atoms with van der Waals surface area (Å²) in [6.07, 6.45) is 10.6. The van der Waals surface area contributed by atoms with Crippen LogP contribution in [-0.4, -0.2) is 45.9 Å². The van der Waals surface area contributed by atoms with E-state index in [0.717, 1.165) is 68.6 Å². The third-order valence-electron chi connectivity index (χ3n) is 8.55. The van der Waals surface area contributed by atoms with Crippen LogP contribution in [0.1, 0.15) is 75.8 Å². The van der Waals surface area contributed by atoms with Crippen LogP contribution in [0, 0.1) is 18.8 Å². The number of pyridine rings is 1. The highest BCUT2D eigenvalue weighted by Gasteiger charge is 2.44. The molecule has 1 aromatic heterocycles. The van der Waals surface area contributed by atoms with Gasteiger partial charge >= 0.3 is 0 Å². The SMILES string of the molecule is Cc1ccc2[nH]c(=O)c(CN(C(=O)C3CCCCC3)C3(C)CCN(CC4CCC4)C3)cc2c1. The monoisotopic (exact) mass is 449 g/mol. The molecule has 3 aliphatic rings. The minimum absolute atomic E-state index is 0.0688. The number of aromatic amines is 1. The van der Waals surface area contributed by atoms with E-state index in [4.69, 9.17) is 0 Å². The normalized spacial score (nSPS) is 24.8. The van der Waals surface area contributed by atoms with Gasteiger partial charge < -0.3 is 14.8 Å². The summed E-state index contributed by atoms with van der Waals surface area (Å²) in [6.45, 7) is 7.87. The summed E-state index contributed by atoms with van der Waals surface area (Å²) in [4.78, 5) is 34.7. The third-order valence-corrected chi connectivity index (χ3v) is 8.55. The molecule has 5 nitrogen and oxygen atoms in total. The van der Waals surface area contributed by atoms with Crippen molar-refractivity contribution in [1.82, 2.24) is 14.8 Å². The van der Waals surface area contributed by atoms with Gasteiger partial charge in [-0.3, -0.25) is 9.59 Å². The van der Waals surface area contributed by atoms with Crippen molar-refractivity contribution in [2.45, 2.75) is 83.7 Å². The number of aryl methyl sites for hydroxylation is 1. The number of rotatable bonds is 6. The van der Waals surface area contributed by atoms with Crippen molar-refractivity contribution in [3.8, 4) is 0 Å². The quantitative estimate of drug-likeness (QED) is 0.674. The lowest BCUT2D eigenvalue weighted by molar-refractivity contribution is -0.143. The standard InChI is InChI=1S/C28H39N3O2/c1-20-11-12-25-23(15-20)16-24(26(32)29-25)18-31(27(33)22-9-4-3-5-10-22)28(2)13-14-30(19-28)17-21-7-6-8-21/h11-12,15-16,21-22H,3-10,13-14,17-19H2,1-2H3,(H,29,32). The largest absolute Gasteiger partial charge is 0.331 e. The number of hydrogen-bond acceptors (Lipinski definition) is 3. The van der Waals surface area contributed by atoms with Gasteiger partial charge in [-0.1, -0.05) is 37.3 Å². The predicted molar refractivity (Wildman–Crippen MR) is 133 cm³/mol. The van der Waals surface area contributed by atoms with Crippen LogP contribution in [0.2, 0.25) is 0 Å². The summed E-state index contributed by atoms with van der Waals surface area (Å²) in [5.41, 5.74) is 2.45. The molecule has 1 aromatic carbocycles. The molecule has 2 aromatic rings. The van der Waals surface area contributed by atoms with E-state index in [2.05, 4.69) is 34.7 Å². The molecular formula is C28H39N3O2. The van der Waals surface area contributed by atoms with Gasteiger partial charge in [0.1, 0.15) is 0 Å². The smallest absolute Gasteiger partial charge is 0.253 e. The van der Waals surface area contributed by atoms with Crippen molar-refractivity contribution < 1.29 is 4.79 Å². The number of likely N-dealkylation sites (tertiary alicyclic amines) is 1. The van der Waals surface area contributed by atoms with Crippen LogP contribution in [-0.2, 0) is 11.3 Å². The van der Waals surface area contributed by atoms with E-state index in [0.29, 0.717) is 12.1 Å². The average molecular weight is 450 g/mol. The van der Waals surface area contributed by atoms with Gasteiger partial charge in [0.05, 0.1) is 12.1 Å². The van der Waals surface area contributed by atoms with Crippen LogP contribution >= 0.6 is 0 Å². The Bertz CT molecular complexity index is 1070. The van der Waals surface area contributed by atoms with Gasteiger partial charge in [0.2, 0.25) is 5.91 Å². The first-order valence-electron chi connectivity index (χ1n) is 13.1. The van der Waals surface area contributed by atoms with Gasteiger partial charge in [-0.2, -0.15) is 0 Å². The zero-order chi connectivity index (χ0) is 23.0. The molecule has 0 radical (unpaired) electrons. The third kappa shape index (κ3) is 4.75. The second-order valence-corrected chi connectivity index (χ2v) is 11.3. The zero-order valence-corrected chi connectivity index (χ0v) is 20.4. The number of benzene rings is 1. The molecule has 178 valence electrons. The van der Waals surface area contributed by atoms with Gasteiger partial charge in [0.25, 0.3) is 5.56 Å². The van der Waals surface area contributed by atoms with Crippen molar-refractivity contribution in [2.24, 2.45) is 11.8 Å². The Morgan fingerprint density at radius 1 is 1.12 bits per heavy atom. The topological polar surface area (TPSA) is 56.4 Å². The molecule has 3 fully saturated rings. The number of aromatic nitrogens is 1. The van der Waals surface area contributed by atoms with Gasteiger partial charge in [-0.25, -0.2) is 0 Å². The van der Waals surface area contributed by atoms with Crippen molar-refractivity contribution >= 4 is 16.8 Å². The molecule has 5 heteroatoms. The second kappa shape index (κ2) is 9.25. The molecule has 33 heavy (non-hydrogen) atoms. The summed E-state index contributed by atoms with van der Waals surface area (Å²) in [6, 6.07) is 8.11. The number of nitrogens with zero attached hydrogens (tertiary/aromatic N) is 2. The maximum atomic E-state index is 13.9. The predicted octanol–water partition coefficient (Wildman–Crippen LogP) is 5.01. The lowest BCUT2D eigenvalue weighted by atomic mass is 9.85. The number of amides is 1. The van der Waals surface area contributed by atoms with Crippen molar-refractivity contribution in [1.29, 1.82) is 0 Å². The van der Waals surface area contributed by atoms with E-state index in [1.807, 2.05) is 18.2 Å². The summed E-state index contributed by atoms with van der Waals surface area (Å²) in [5.74, 6) is 1.21. The maximum Gasteiger partial charge on any atom is 0.253 e. The van der Waals surface area contributed by atoms with E-state index >= 15 is 0 Å². The fourth-order valence-electron chi connectivity index (χ4n) is 6.22. The molecule has 1 amide bonds. The first-order valence-corrected chi connectivity index (χ1v) is 13.1. The Labute approximate surface area is 197 Å². The first-order chi connectivity index (χ1) is 15.9. The van der Waals surface area contributed by atoms with Crippen molar-refractivity contribution in [3.63, 3.8) is 0 Å². The number of nitrogens with one attached hydrogen (secondary N) is 1. The first kappa shape index (κ1) is 22.6. The molecule has 1 atom stereocenters. The maximum absolute atomic E-state index is 13.9. The number of fused-ring (bicyclic) bond motifs is 1. The van der Waals surface area contributed by atoms with Crippen LogP contribution in [0.3, 0.4) is 0 Å². The fraction of sp³-hybridized carbons (Fsp3) is 0.643. The molecule has 1 unspecified atom stereocenters. The van der Waals surface area contributed by atoms with Crippen LogP contribution in [0.4, 0.5) is 0 Å². The second-order valence-electron chi connectivity index (χ2n) is 11.3. The van der Waals surface area contributed by atoms with E-state index < -0.39 is 0 Å². The van der Waals surface area contributed by atoms with Gasteiger partial charge in [0.15, 0.2) is 0 Å². The van der Waals surface area contributed by atoms with Crippen LogP contribution in [0.5, 0.6) is 0 Å². The highest BCUT2D eigenvalue weighted by Crippen LogP contribution is 2.36. The molecule has 2 saturated carbocycles. The molecular weight excluding hydrogens is 410 g/mol. The van der Waals surface area contributed by atoms with E-state index in [-0.39, 0.29) is 22.9 Å². The zero-order valence-electron chi connectivity index (χ0n) is 20.4. The molecule has 2 heterocycles. The van der Waals surface area contributed by atoms with Crippen LogP contribution in [0.25, 0.3) is 10.9 Å². The molecule has 1 saturated heterocycles. The molecule has 1 N–H and O–H groups in total. The summed E-state index contributed by atoms with van der Waals surface area (Å²) >= 11 is 0. The molecule has 5 rings (SSSR count). The molecule has 2 aliphatic carbocycles. The van der Waals surface area contributed by atoms with Crippen LogP contribution in [0.15, 0.2) is 29.1 Å². The van der Waals surface area contributed by atoms with Crippen molar-refractivity contribution in [2.75, 3.05) is 19.6 Å². The molecule has 0 bridgehead atoms. The van der Waals surface area contributed by atoms with Crippen LogP contribution < -0.4 is 5.56 Å². The number of H-pyrrole nitrogens is 1. The minimum atomic E-state index is -0.216.